The molecule has 19 heavy (non-hydrogen) atoms. The van der Waals surface area contributed by atoms with Crippen LogP contribution in [0.5, 0.6) is 5.88 Å². The topological polar surface area (TPSA) is 97.8 Å². The summed E-state index contributed by atoms with van der Waals surface area (Å²) in [7, 11) is 1.37. The van der Waals surface area contributed by atoms with Gasteiger partial charge in [-0.25, -0.2) is 14.6 Å². The first-order chi connectivity index (χ1) is 8.73. The standard InChI is InChI=1S/C12H16N2O5/c1-12(2,3)19-11(17)13-7-5-6-8(18-4)14-9(7)10(15)16/h5-6H,1-4H3,(H,13,17)(H,15,16). The third kappa shape index (κ3) is 4.46. The highest BCUT2D eigenvalue weighted by molar-refractivity contribution is 5.97. The van der Waals surface area contributed by atoms with Crippen molar-refractivity contribution >= 4 is 17.7 Å². The molecule has 7 heteroatoms. The van der Waals surface area contributed by atoms with Crippen LogP contribution in [0, 0.1) is 0 Å². The van der Waals surface area contributed by atoms with Gasteiger partial charge in [0.2, 0.25) is 5.88 Å². The van der Waals surface area contributed by atoms with Crippen molar-refractivity contribution in [1.82, 2.24) is 4.98 Å². The molecule has 1 aromatic heterocycles. The first-order valence-corrected chi connectivity index (χ1v) is 5.51. The van der Waals surface area contributed by atoms with Gasteiger partial charge >= 0.3 is 12.1 Å². The van der Waals surface area contributed by atoms with Crippen molar-refractivity contribution < 1.29 is 24.2 Å². The van der Waals surface area contributed by atoms with Gasteiger partial charge in [-0.2, -0.15) is 0 Å². The predicted molar refractivity (Wildman–Crippen MR) is 67.6 cm³/mol. The lowest BCUT2D eigenvalue weighted by Crippen LogP contribution is -2.28. The molecule has 0 unspecified atom stereocenters. The number of amides is 1. The maximum atomic E-state index is 11.6. The number of ether oxygens (including phenoxy) is 2. The summed E-state index contributed by atoms with van der Waals surface area (Å²) < 4.78 is 9.86. The van der Waals surface area contributed by atoms with Gasteiger partial charge in [-0.1, -0.05) is 0 Å². The van der Waals surface area contributed by atoms with Crippen molar-refractivity contribution in [3.63, 3.8) is 0 Å². The maximum absolute atomic E-state index is 11.6. The molecule has 1 amide bonds. The van der Waals surface area contributed by atoms with Crippen molar-refractivity contribution in [2.75, 3.05) is 12.4 Å². The van der Waals surface area contributed by atoms with Crippen LogP contribution in [0.15, 0.2) is 12.1 Å². The number of anilines is 1. The van der Waals surface area contributed by atoms with Crippen molar-refractivity contribution in [2.45, 2.75) is 26.4 Å². The highest BCUT2D eigenvalue weighted by atomic mass is 16.6. The molecule has 0 spiro atoms. The Bertz CT molecular complexity index is 493. The van der Waals surface area contributed by atoms with Crippen molar-refractivity contribution in [2.24, 2.45) is 0 Å². The number of pyridine rings is 1. The minimum absolute atomic E-state index is 0.0440. The van der Waals surface area contributed by atoms with Crippen LogP contribution in [0.2, 0.25) is 0 Å². The van der Waals surface area contributed by atoms with E-state index >= 15 is 0 Å². The zero-order chi connectivity index (χ0) is 14.6. The Morgan fingerprint density at radius 3 is 2.42 bits per heavy atom. The lowest BCUT2D eigenvalue weighted by atomic mass is 10.2. The second-order valence-electron chi connectivity index (χ2n) is 4.68. The fourth-order valence-electron chi connectivity index (χ4n) is 1.23. The summed E-state index contributed by atoms with van der Waals surface area (Å²) in [6.45, 7) is 5.12. The zero-order valence-corrected chi connectivity index (χ0v) is 11.2. The Morgan fingerprint density at radius 1 is 1.32 bits per heavy atom. The second-order valence-corrected chi connectivity index (χ2v) is 4.68. The van der Waals surface area contributed by atoms with Crippen molar-refractivity contribution in [1.29, 1.82) is 0 Å². The van der Waals surface area contributed by atoms with Gasteiger partial charge < -0.3 is 14.6 Å². The summed E-state index contributed by atoms with van der Waals surface area (Å²) in [5.74, 6) is -1.13. The third-order valence-corrected chi connectivity index (χ3v) is 1.92. The van der Waals surface area contributed by atoms with Crippen LogP contribution in [-0.2, 0) is 4.74 Å². The molecule has 0 radical (unpaired) electrons. The molecule has 0 saturated heterocycles. The fourth-order valence-corrected chi connectivity index (χ4v) is 1.23. The number of aromatic carboxylic acids is 1. The molecule has 2 N–H and O–H groups in total. The number of nitrogens with one attached hydrogen (secondary N) is 1. The highest BCUT2D eigenvalue weighted by Gasteiger charge is 2.20. The van der Waals surface area contributed by atoms with Gasteiger partial charge in [-0.15, -0.1) is 0 Å². The molecule has 0 aromatic carbocycles. The van der Waals surface area contributed by atoms with E-state index in [4.69, 9.17) is 14.6 Å². The highest BCUT2D eigenvalue weighted by Crippen LogP contribution is 2.19. The number of carbonyl (C=O) groups is 2. The molecule has 1 aromatic rings. The minimum atomic E-state index is -1.27. The van der Waals surface area contributed by atoms with Crippen LogP contribution in [0.4, 0.5) is 10.5 Å². The number of carboxylic acid groups (broad SMARTS) is 1. The lowest BCUT2D eigenvalue weighted by Gasteiger charge is -2.20. The van der Waals surface area contributed by atoms with Crippen LogP contribution in [0.1, 0.15) is 31.3 Å². The van der Waals surface area contributed by atoms with Gasteiger partial charge in [0.15, 0.2) is 5.69 Å². The number of rotatable bonds is 3. The van der Waals surface area contributed by atoms with E-state index in [-0.39, 0.29) is 17.3 Å². The second kappa shape index (κ2) is 5.55. The van der Waals surface area contributed by atoms with E-state index in [0.717, 1.165) is 0 Å². The number of carboxylic acids is 1. The Hall–Kier alpha value is -2.31. The van der Waals surface area contributed by atoms with Gasteiger partial charge in [0.05, 0.1) is 12.8 Å². The van der Waals surface area contributed by atoms with E-state index in [9.17, 15) is 9.59 Å². The summed E-state index contributed by atoms with van der Waals surface area (Å²) in [5.41, 5.74) is -0.944. The van der Waals surface area contributed by atoms with E-state index < -0.39 is 17.7 Å². The van der Waals surface area contributed by atoms with Gasteiger partial charge in [0.25, 0.3) is 0 Å². The van der Waals surface area contributed by atoms with Crippen LogP contribution in [-0.4, -0.2) is 34.9 Å². The molecular weight excluding hydrogens is 252 g/mol. The molecule has 0 bridgehead atoms. The number of carbonyl (C=O) groups excluding carboxylic acids is 1. The van der Waals surface area contributed by atoms with Gasteiger partial charge in [-0.05, 0) is 26.8 Å². The summed E-state index contributed by atoms with van der Waals surface area (Å²) in [4.78, 5) is 26.4. The summed E-state index contributed by atoms with van der Waals surface area (Å²) in [6.07, 6.45) is -0.748. The Morgan fingerprint density at radius 2 is 1.95 bits per heavy atom. The molecule has 0 saturated carbocycles. The molecule has 0 aliphatic rings. The van der Waals surface area contributed by atoms with Crippen molar-refractivity contribution in [3.8, 4) is 5.88 Å². The Balaban J connectivity index is 2.95. The quantitative estimate of drug-likeness (QED) is 0.871. The Labute approximate surface area is 110 Å². The minimum Gasteiger partial charge on any atom is -0.481 e. The van der Waals surface area contributed by atoms with E-state index in [2.05, 4.69) is 10.3 Å². The number of aromatic nitrogens is 1. The van der Waals surface area contributed by atoms with Gasteiger partial charge in [0, 0.05) is 6.07 Å². The fraction of sp³-hybridized carbons (Fsp3) is 0.417. The monoisotopic (exact) mass is 268 g/mol. The molecule has 7 nitrogen and oxygen atoms in total. The summed E-state index contributed by atoms with van der Waals surface area (Å²) >= 11 is 0. The lowest BCUT2D eigenvalue weighted by molar-refractivity contribution is 0.0636. The molecule has 1 rings (SSSR count). The number of hydrogen-bond acceptors (Lipinski definition) is 5. The van der Waals surface area contributed by atoms with Crippen LogP contribution in [0.25, 0.3) is 0 Å². The number of nitrogens with zero attached hydrogens (tertiary/aromatic N) is 1. The van der Waals surface area contributed by atoms with E-state index in [1.807, 2.05) is 0 Å². The maximum Gasteiger partial charge on any atom is 0.412 e. The largest absolute Gasteiger partial charge is 0.481 e. The molecule has 0 fully saturated rings. The molecule has 0 atom stereocenters. The summed E-state index contributed by atoms with van der Waals surface area (Å²) in [5, 5.41) is 11.4. The van der Waals surface area contributed by atoms with Crippen molar-refractivity contribution in [3.05, 3.63) is 17.8 Å². The third-order valence-electron chi connectivity index (χ3n) is 1.92. The van der Waals surface area contributed by atoms with Gasteiger partial charge in [0.1, 0.15) is 5.60 Å². The van der Waals surface area contributed by atoms with Crippen LogP contribution < -0.4 is 10.1 Å². The number of methoxy groups -OCH3 is 1. The smallest absolute Gasteiger partial charge is 0.412 e. The van der Waals surface area contributed by atoms with Crippen LogP contribution >= 0.6 is 0 Å². The van der Waals surface area contributed by atoms with Gasteiger partial charge in [-0.3, -0.25) is 5.32 Å². The first kappa shape index (κ1) is 14.7. The molecule has 104 valence electrons. The number of hydrogen-bond donors (Lipinski definition) is 2. The van der Waals surface area contributed by atoms with E-state index in [1.54, 1.807) is 20.8 Å². The normalized spacial score (nSPS) is 10.7. The summed E-state index contributed by atoms with van der Waals surface area (Å²) in [6, 6.07) is 2.83. The predicted octanol–water partition coefficient (Wildman–Crippen LogP) is 2.14. The average molecular weight is 268 g/mol. The zero-order valence-electron chi connectivity index (χ0n) is 11.2. The van der Waals surface area contributed by atoms with E-state index in [0.29, 0.717) is 0 Å². The molecule has 1 heterocycles. The van der Waals surface area contributed by atoms with E-state index in [1.165, 1.54) is 19.2 Å². The Kier molecular flexibility index (Phi) is 4.31. The average Bonchev–Trinajstić information content (AvgIpc) is 2.26. The SMILES string of the molecule is COc1ccc(NC(=O)OC(C)(C)C)c(C(=O)O)n1. The van der Waals surface area contributed by atoms with Crippen LogP contribution in [0.3, 0.4) is 0 Å². The first-order valence-electron chi connectivity index (χ1n) is 5.51. The molecule has 0 aliphatic heterocycles. The molecular formula is C12H16N2O5. The molecule has 0 aliphatic carbocycles.